The van der Waals surface area contributed by atoms with E-state index in [0.717, 1.165) is 23.0 Å². The number of nitrogens with one attached hydrogen (secondary N) is 1. The van der Waals surface area contributed by atoms with Crippen molar-refractivity contribution in [2.24, 2.45) is 0 Å². The van der Waals surface area contributed by atoms with Crippen molar-refractivity contribution in [1.29, 1.82) is 0 Å². The first kappa shape index (κ1) is 21.0. The summed E-state index contributed by atoms with van der Waals surface area (Å²) in [5, 5.41) is 2.97. The molecule has 0 spiro atoms. The fourth-order valence-electron chi connectivity index (χ4n) is 3.20. The SMILES string of the molecule is FC(F)(F)c1cnc(NCc2ccc(-c3ccccn3)cc2)nc1OC1CCOCC1. The Morgan fingerprint density at radius 3 is 2.48 bits per heavy atom. The summed E-state index contributed by atoms with van der Waals surface area (Å²) >= 11 is 0. The van der Waals surface area contributed by atoms with Gasteiger partial charge < -0.3 is 14.8 Å². The molecule has 9 heteroatoms. The standard InChI is InChI=1S/C22H21F3N4O2/c23-22(24,25)18-14-28-21(29-20(18)31-17-8-11-30-12-9-17)27-13-15-4-6-16(7-5-15)19-3-1-2-10-26-19/h1-7,10,14,17H,8-9,11-13H2,(H,27,28,29). The van der Waals surface area contributed by atoms with Gasteiger partial charge in [-0.25, -0.2) is 4.98 Å². The Kier molecular flexibility index (Phi) is 6.31. The minimum Gasteiger partial charge on any atom is -0.474 e. The summed E-state index contributed by atoms with van der Waals surface area (Å²) in [5.41, 5.74) is 1.78. The van der Waals surface area contributed by atoms with Crippen LogP contribution in [0, 0.1) is 0 Å². The molecule has 162 valence electrons. The van der Waals surface area contributed by atoms with Gasteiger partial charge in [-0.2, -0.15) is 18.2 Å². The highest BCUT2D eigenvalue weighted by atomic mass is 19.4. The third kappa shape index (κ3) is 5.49. The zero-order valence-electron chi connectivity index (χ0n) is 16.6. The van der Waals surface area contributed by atoms with Crippen LogP contribution in [0.4, 0.5) is 19.1 Å². The molecule has 0 unspecified atom stereocenters. The average molecular weight is 430 g/mol. The van der Waals surface area contributed by atoms with Gasteiger partial charge in [0.2, 0.25) is 11.8 Å². The Hall–Kier alpha value is -3.20. The Labute approximate surface area is 177 Å². The van der Waals surface area contributed by atoms with E-state index in [9.17, 15) is 13.2 Å². The molecular weight excluding hydrogens is 409 g/mol. The van der Waals surface area contributed by atoms with Crippen LogP contribution in [0.1, 0.15) is 24.0 Å². The van der Waals surface area contributed by atoms with Crippen molar-refractivity contribution in [3.63, 3.8) is 0 Å². The molecule has 6 nitrogen and oxygen atoms in total. The lowest BCUT2D eigenvalue weighted by Gasteiger charge is -2.24. The highest BCUT2D eigenvalue weighted by Gasteiger charge is 2.37. The number of alkyl halides is 3. The van der Waals surface area contributed by atoms with E-state index in [1.165, 1.54) is 0 Å². The van der Waals surface area contributed by atoms with E-state index in [2.05, 4.69) is 20.3 Å². The van der Waals surface area contributed by atoms with E-state index in [-0.39, 0.29) is 12.1 Å². The Bertz CT molecular complexity index is 992. The monoisotopic (exact) mass is 430 g/mol. The first-order valence-electron chi connectivity index (χ1n) is 9.92. The van der Waals surface area contributed by atoms with E-state index in [1.807, 2.05) is 42.5 Å². The number of hydrogen-bond acceptors (Lipinski definition) is 6. The summed E-state index contributed by atoms with van der Waals surface area (Å²) in [4.78, 5) is 12.1. The van der Waals surface area contributed by atoms with Crippen LogP contribution in [0.15, 0.2) is 54.9 Å². The number of ether oxygens (including phenoxy) is 2. The van der Waals surface area contributed by atoms with E-state index >= 15 is 0 Å². The highest BCUT2D eigenvalue weighted by Crippen LogP contribution is 2.36. The molecule has 0 atom stereocenters. The minimum absolute atomic E-state index is 0.0730. The molecule has 2 aromatic heterocycles. The summed E-state index contributed by atoms with van der Waals surface area (Å²) in [5.74, 6) is -0.383. The lowest BCUT2D eigenvalue weighted by molar-refractivity contribution is -0.140. The van der Waals surface area contributed by atoms with Crippen LogP contribution in [0.25, 0.3) is 11.3 Å². The molecule has 1 aliphatic rings. The normalized spacial score (nSPS) is 14.9. The van der Waals surface area contributed by atoms with Crippen LogP contribution in [0.3, 0.4) is 0 Å². The van der Waals surface area contributed by atoms with Gasteiger partial charge in [-0.1, -0.05) is 30.3 Å². The number of halogens is 3. The van der Waals surface area contributed by atoms with Crippen LogP contribution in [-0.2, 0) is 17.5 Å². The Balaban J connectivity index is 1.46. The molecule has 4 rings (SSSR count). The van der Waals surface area contributed by atoms with Gasteiger partial charge in [0.15, 0.2) is 0 Å². The first-order chi connectivity index (χ1) is 15.0. The first-order valence-corrected chi connectivity index (χ1v) is 9.92. The summed E-state index contributed by atoms with van der Waals surface area (Å²) in [6.45, 7) is 1.26. The Morgan fingerprint density at radius 2 is 1.81 bits per heavy atom. The topological polar surface area (TPSA) is 69.2 Å². The van der Waals surface area contributed by atoms with E-state index in [1.54, 1.807) is 6.20 Å². The van der Waals surface area contributed by atoms with Crippen LogP contribution < -0.4 is 10.1 Å². The predicted octanol–water partition coefficient (Wildman–Crippen LogP) is 4.73. The van der Waals surface area contributed by atoms with Gasteiger partial charge >= 0.3 is 6.18 Å². The third-order valence-electron chi connectivity index (χ3n) is 4.87. The fraction of sp³-hybridized carbons (Fsp3) is 0.318. The summed E-state index contributed by atoms with van der Waals surface area (Å²) in [6, 6.07) is 13.4. The number of hydrogen-bond donors (Lipinski definition) is 1. The summed E-state index contributed by atoms with van der Waals surface area (Å²) in [6.07, 6.45) is -1.43. The molecule has 0 radical (unpaired) electrons. The zero-order chi connectivity index (χ0) is 21.7. The molecule has 3 heterocycles. The maximum atomic E-state index is 13.4. The van der Waals surface area contributed by atoms with Crippen LogP contribution in [0.2, 0.25) is 0 Å². The van der Waals surface area contributed by atoms with Crippen LogP contribution >= 0.6 is 0 Å². The third-order valence-corrected chi connectivity index (χ3v) is 4.87. The van der Waals surface area contributed by atoms with E-state index < -0.39 is 17.6 Å². The molecule has 1 saturated heterocycles. The maximum Gasteiger partial charge on any atom is 0.423 e. The Morgan fingerprint density at radius 1 is 1.03 bits per heavy atom. The van der Waals surface area contributed by atoms with Crippen molar-refractivity contribution in [3.8, 4) is 17.1 Å². The molecular formula is C22H21F3N4O2. The molecule has 31 heavy (non-hydrogen) atoms. The zero-order valence-corrected chi connectivity index (χ0v) is 16.6. The largest absolute Gasteiger partial charge is 0.474 e. The average Bonchev–Trinajstić information content (AvgIpc) is 2.79. The number of anilines is 1. The number of pyridine rings is 1. The predicted molar refractivity (Wildman–Crippen MR) is 109 cm³/mol. The fourth-order valence-corrected chi connectivity index (χ4v) is 3.20. The molecule has 1 N–H and O–H groups in total. The van der Waals surface area contributed by atoms with Gasteiger partial charge in [-0.05, 0) is 17.7 Å². The molecule has 0 bridgehead atoms. The van der Waals surface area contributed by atoms with Crippen molar-refractivity contribution < 1.29 is 22.6 Å². The van der Waals surface area contributed by atoms with Crippen LogP contribution in [0.5, 0.6) is 5.88 Å². The van der Waals surface area contributed by atoms with Gasteiger partial charge in [0.1, 0.15) is 11.7 Å². The molecule has 0 aliphatic carbocycles. The van der Waals surface area contributed by atoms with Crippen LogP contribution in [-0.4, -0.2) is 34.3 Å². The second-order valence-electron chi connectivity index (χ2n) is 7.11. The number of benzene rings is 1. The summed E-state index contributed by atoms with van der Waals surface area (Å²) in [7, 11) is 0. The van der Waals surface area contributed by atoms with E-state index in [4.69, 9.17) is 9.47 Å². The lowest BCUT2D eigenvalue weighted by atomic mass is 10.1. The number of nitrogens with zero attached hydrogens (tertiary/aromatic N) is 3. The highest BCUT2D eigenvalue weighted by molar-refractivity contribution is 5.59. The molecule has 0 saturated carbocycles. The molecule has 1 aromatic carbocycles. The van der Waals surface area contributed by atoms with Gasteiger partial charge in [0.25, 0.3) is 0 Å². The van der Waals surface area contributed by atoms with Gasteiger partial charge in [0.05, 0.1) is 18.9 Å². The summed E-state index contributed by atoms with van der Waals surface area (Å²) < 4.78 is 50.9. The van der Waals surface area contributed by atoms with Crippen molar-refractivity contribution >= 4 is 5.95 Å². The van der Waals surface area contributed by atoms with Crippen molar-refractivity contribution in [2.75, 3.05) is 18.5 Å². The van der Waals surface area contributed by atoms with Crippen molar-refractivity contribution in [1.82, 2.24) is 15.0 Å². The molecule has 0 amide bonds. The van der Waals surface area contributed by atoms with Gasteiger partial charge in [0, 0.05) is 37.3 Å². The number of aromatic nitrogens is 3. The van der Waals surface area contributed by atoms with E-state index in [0.29, 0.717) is 32.6 Å². The lowest BCUT2D eigenvalue weighted by Crippen LogP contribution is -2.27. The second-order valence-corrected chi connectivity index (χ2v) is 7.11. The molecule has 1 fully saturated rings. The van der Waals surface area contributed by atoms with Crippen molar-refractivity contribution in [3.05, 3.63) is 66.0 Å². The smallest absolute Gasteiger partial charge is 0.423 e. The minimum atomic E-state index is -4.60. The quantitative estimate of drug-likeness (QED) is 0.610. The number of rotatable bonds is 6. The van der Waals surface area contributed by atoms with Gasteiger partial charge in [-0.15, -0.1) is 0 Å². The molecule has 1 aliphatic heterocycles. The molecule has 3 aromatic rings. The maximum absolute atomic E-state index is 13.4. The van der Waals surface area contributed by atoms with Crippen molar-refractivity contribution in [2.45, 2.75) is 31.7 Å². The van der Waals surface area contributed by atoms with Gasteiger partial charge in [-0.3, -0.25) is 4.98 Å². The second kappa shape index (κ2) is 9.30.